The fraction of sp³-hybridized carbons (Fsp3) is 0.344. The summed E-state index contributed by atoms with van der Waals surface area (Å²) in [5.41, 5.74) is 4.26. The first-order valence-electron chi connectivity index (χ1n) is 13.6. The maximum atomic E-state index is 13.0. The molecule has 0 heterocycles. The molecule has 0 saturated carbocycles. The molecule has 2 N–H and O–H groups in total. The maximum Gasteiger partial charge on any atom is 0.252 e. The standard InChI is InChI=1S/C32H39N3O5/c1-4-5-7-13-29(20-35(23-36)40-21-25-11-8-6-9-12-25)32(38)34-22-33-31(37)28-15-10-14-26(18-28)27-17-16-24(2)30(19-27)39-3/h6,8-12,14-19,23,29H,4-5,7,13,20-22H2,1-3H3,(H,33,37)(H,34,38). The smallest absolute Gasteiger partial charge is 0.252 e. The van der Waals surface area contributed by atoms with Crippen molar-refractivity contribution in [2.75, 3.05) is 20.3 Å². The number of unbranched alkanes of at least 4 members (excludes halogenated alkanes) is 2. The number of rotatable bonds is 16. The predicted octanol–water partition coefficient (Wildman–Crippen LogP) is 5.26. The van der Waals surface area contributed by atoms with Crippen LogP contribution >= 0.6 is 0 Å². The number of aryl methyl sites for hydroxylation is 1. The highest BCUT2D eigenvalue weighted by molar-refractivity contribution is 5.95. The number of nitrogens with one attached hydrogen (secondary N) is 2. The van der Waals surface area contributed by atoms with Crippen LogP contribution in [0.4, 0.5) is 0 Å². The summed E-state index contributed by atoms with van der Waals surface area (Å²) in [5.74, 6) is -0.233. The third kappa shape index (κ3) is 9.24. The average molecular weight is 546 g/mol. The van der Waals surface area contributed by atoms with Crippen LogP contribution in [0.25, 0.3) is 11.1 Å². The Kier molecular flexibility index (Phi) is 12.2. The van der Waals surface area contributed by atoms with Gasteiger partial charge in [0.1, 0.15) is 12.4 Å². The molecule has 0 saturated heterocycles. The Hall–Kier alpha value is -4.17. The zero-order valence-corrected chi connectivity index (χ0v) is 23.5. The van der Waals surface area contributed by atoms with E-state index in [1.165, 1.54) is 5.06 Å². The third-order valence-electron chi connectivity index (χ3n) is 6.66. The zero-order chi connectivity index (χ0) is 28.7. The van der Waals surface area contributed by atoms with E-state index in [2.05, 4.69) is 17.6 Å². The summed E-state index contributed by atoms with van der Waals surface area (Å²) < 4.78 is 5.43. The van der Waals surface area contributed by atoms with Gasteiger partial charge in [0, 0.05) is 5.56 Å². The minimum atomic E-state index is -0.468. The maximum absolute atomic E-state index is 13.0. The van der Waals surface area contributed by atoms with E-state index in [9.17, 15) is 14.4 Å². The van der Waals surface area contributed by atoms with Crippen LogP contribution in [0.15, 0.2) is 72.8 Å². The first-order chi connectivity index (χ1) is 19.4. The van der Waals surface area contributed by atoms with Gasteiger partial charge >= 0.3 is 0 Å². The van der Waals surface area contributed by atoms with Gasteiger partial charge in [-0.3, -0.25) is 19.2 Å². The van der Waals surface area contributed by atoms with Gasteiger partial charge in [-0.15, -0.1) is 0 Å². The van der Waals surface area contributed by atoms with E-state index in [1.54, 1.807) is 19.2 Å². The first kappa shape index (κ1) is 30.4. The molecule has 0 aliphatic heterocycles. The fourth-order valence-corrected chi connectivity index (χ4v) is 4.32. The number of methoxy groups -OCH3 is 1. The Balaban J connectivity index is 1.57. The molecule has 3 aromatic carbocycles. The molecule has 40 heavy (non-hydrogen) atoms. The summed E-state index contributed by atoms with van der Waals surface area (Å²) in [5, 5.41) is 6.74. The molecule has 8 nitrogen and oxygen atoms in total. The largest absolute Gasteiger partial charge is 0.496 e. The molecule has 3 amide bonds. The molecular weight excluding hydrogens is 506 g/mol. The van der Waals surface area contributed by atoms with Crippen LogP contribution in [0, 0.1) is 12.8 Å². The Bertz CT molecular complexity index is 1250. The molecular formula is C32H39N3O5. The van der Waals surface area contributed by atoms with Gasteiger partial charge in [0.05, 0.1) is 26.2 Å². The third-order valence-corrected chi connectivity index (χ3v) is 6.66. The summed E-state index contributed by atoms with van der Waals surface area (Å²) in [6.07, 6.45) is 4.05. The van der Waals surface area contributed by atoms with Crippen molar-refractivity contribution in [2.24, 2.45) is 5.92 Å². The number of ether oxygens (including phenoxy) is 1. The monoisotopic (exact) mass is 545 g/mol. The number of hydrogen-bond donors (Lipinski definition) is 2. The van der Waals surface area contributed by atoms with Crippen molar-refractivity contribution >= 4 is 18.2 Å². The lowest BCUT2D eigenvalue weighted by atomic mass is 10.00. The summed E-state index contributed by atoms with van der Waals surface area (Å²) in [4.78, 5) is 43.2. The van der Waals surface area contributed by atoms with Crippen molar-refractivity contribution in [1.82, 2.24) is 15.7 Å². The summed E-state index contributed by atoms with van der Waals surface area (Å²) >= 11 is 0. The lowest BCUT2D eigenvalue weighted by molar-refractivity contribution is -0.182. The molecule has 8 heteroatoms. The Morgan fingerprint density at radius 1 is 0.950 bits per heavy atom. The topological polar surface area (TPSA) is 97.0 Å². The number of benzene rings is 3. The summed E-state index contributed by atoms with van der Waals surface area (Å²) in [7, 11) is 1.63. The van der Waals surface area contributed by atoms with Crippen LogP contribution in [0.5, 0.6) is 5.75 Å². The van der Waals surface area contributed by atoms with Crippen molar-refractivity contribution in [3.63, 3.8) is 0 Å². The lowest BCUT2D eigenvalue weighted by Gasteiger charge is -2.23. The van der Waals surface area contributed by atoms with Crippen molar-refractivity contribution in [3.8, 4) is 16.9 Å². The molecule has 3 rings (SSSR count). The second kappa shape index (κ2) is 16.1. The molecule has 0 aliphatic rings. The molecule has 1 unspecified atom stereocenters. The second-order valence-corrected chi connectivity index (χ2v) is 9.65. The molecule has 212 valence electrons. The number of nitrogens with zero attached hydrogens (tertiary/aromatic N) is 1. The SMILES string of the molecule is CCCCCC(CN(C=O)OCc1ccccc1)C(=O)NCNC(=O)c1cccc(-c2ccc(C)c(OC)c2)c1. The summed E-state index contributed by atoms with van der Waals surface area (Å²) in [6, 6.07) is 22.7. The molecule has 3 aromatic rings. The molecule has 0 bridgehead atoms. The van der Waals surface area contributed by atoms with Gasteiger partial charge in [0.15, 0.2) is 0 Å². The van der Waals surface area contributed by atoms with E-state index in [0.29, 0.717) is 18.4 Å². The predicted molar refractivity (Wildman–Crippen MR) is 155 cm³/mol. The Morgan fingerprint density at radius 2 is 1.73 bits per heavy atom. The molecule has 0 fully saturated rings. The van der Waals surface area contributed by atoms with E-state index in [-0.39, 0.29) is 31.6 Å². The van der Waals surface area contributed by atoms with Crippen LogP contribution in [0.1, 0.15) is 54.1 Å². The Labute approximate surface area is 236 Å². The Morgan fingerprint density at radius 3 is 2.45 bits per heavy atom. The van der Waals surface area contributed by atoms with Gasteiger partial charge in [-0.1, -0.05) is 80.8 Å². The molecule has 0 radical (unpaired) electrons. The van der Waals surface area contributed by atoms with Gasteiger partial charge in [-0.25, -0.2) is 5.06 Å². The van der Waals surface area contributed by atoms with Gasteiger partial charge < -0.3 is 15.4 Å². The number of carbonyl (C=O) groups is 3. The van der Waals surface area contributed by atoms with Crippen molar-refractivity contribution in [1.29, 1.82) is 0 Å². The van der Waals surface area contributed by atoms with Crippen molar-refractivity contribution < 1.29 is 24.0 Å². The van der Waals surface area contributed by atoms with Gasteiger partial charge in [-0.05, 0) is 53.8 Å². The number of carbonyl (C=O) groups excluding carboxylic acids is 3. The van der Waals surface area contributed by atoms with Crippen LogP contribution in [0.3, 0.4) is 0 Å². The van der Waals surface area contributed by atoms with E-state index in [0.717, 1.165) is 47.3 Å². The van der Waals surface area contributed by atoms with Crippen molar-refractivity contribution in [2.45, 2.75) is 46.1 Å². The van der Waals surface area contributed by atoms with E-state index in [1.807, 2.05) is 67.6 Å². The lowest BCUT2D eigenvalue weighted by Crippen LogP contribution is -2.43. The normalized spacial score (nSPS) is 11.4. The minimum Gasteiger partial charge on any atom is -0.496 e. The number of hydrogen-bond acceptors (Lipinski definition) is 5. The summed E-state index contributed by atoms with van der Waals surface area (Å²) in [6.45, 7) is 4.39. The number of amides is 3. The van der Waals surface area contributed by atoms with E-state index < -0.39 is 5.92 Å². The fourth-order valence-electron chi connectivity index (χ4n) is 4.32. The average Bonchev–Trinajstić information content (AvgIpc) is 2.99. The van der Waals surface area contributed by atoms with E-state index >= 15 is 0 Å². The first-order valence-corrected chi connectivity index (χ1v) is 13.6. The highest BCUT2D eigenvalue weighted by Crippen LogP contribution is 2.27. The minimum absolute atomic E-state index is 0.0313. The van der Waals surface area contributed by atoms with Crippen LogP contribution in [-0.2, 0) is 21.0 Å². The van der Waals surface area contributed by atoms with Crippen LogP contribution < -0.4 is 15.4 Å². The van der Waals surface area contributed by atoms with Crippen molar-refractivity contribution in [3.05, 3.63) is 89.5 Å². The van der Waals surface area contributed by atoms with Gasteiger partial charge in [-0.2, -0.15) is 0 Å². The highest BCUT2D eigenvalue weighted by atomic mass is 16.7. The van der Waals surface area contributed by atoms with Crippen LogP contribution in [0.2, 0.25) is 0 Å². The van der Waals surface area contributed by atoms with Crippen LogP contribution in [-0.4, -0.2) is 43.6 Å². The number of hydroxylamine groups is 2. The van der Waals surface area contributed by atoms with Gasteiger partial charge in [0.25, 0.3) is 5.91 Å². The second-order valence-electron chi connectivity index (χ2n) is 9.65. The zero-order valence-electron chi connectivity index (χ0n) is 23.5. The molecule has 0 aliphatic carbocycles. The molecule has 1 atom stereocenters. The molecule has 0 aromatic heterocycles. The molecule has 0 spiro atoms. The highest BCUT2D eigenvalue weighted by Gasteiger charge is 2.22. The van der Waals surface area contributed by atoms with Gasteiger partial charge in [0.2, 0.25) is 12.3 Å². The quantitative estimate of drug-likeness (QED) is 0.111. The van der Waals surface area contributed by atoms with E-state index in [4.69, 9.17) is 9.57 Å².